The first-order chi connectivity index (χ1) is 11.9. The molecule has 2 atom stereocenters. The van der Waals surface area contributed by atoms with E-state index in [0.29, 0.717) is 35.0 Å². The van der Waals surface area contributed by atoms with E-state index in [1.165, 1.54) is 19.3 Å². The Hall–Kier alpha value is -0.970. The molecule has 4 bridgehead atoms. The van der Waals surface area contributed by atoms with Crippen molar-refractivity contribution in [2.75, 3.05) is 13.7 Å². The second kappa shape index (κ2) is 6.33. The summed E-state index contributed by atoms with van der Waals surface area (Å²) in [5.41, 5.74) is 0.732. The zero-order valence-corrected chi connectivity index (χ0v) is 15.9. The Morgan fingerprint density at radius 3 is 2.56 bits per heavy atom. The van der Waals surface area contributed by atoms with Gasteiger partial charge in [0, 0.05) is 12.1 Å². The molecule has 0 heterocycles. The molecule has 4 fully saturated rings. The Labute approximate surface area is 154 Å². The summed E-state index contributed by atoms with van der Waals surface area (Å²) in [6, 6.07) is 3.95. The molecule has 0 amide bonds. The first kappa shape index (κ1) is 17.4. The van der Waals surface area contributed by atoms with Gasteiger partial charge < -0.3 is 19.9 Å². The van der Waals surface area contributed by atoms with Gasteiger partial charge in [-0.25, -0.2) is 0 Å². The molecule has 4 aliphatic rings. The number of aliphatic hydroxyl groups is 1. The van der Waals surface area contributed by atoms with Gasteiger partial charge >= 0.3 is 0 Å². The van der Waals surface area contributed by atoms with Crippen molar-refractivity contribution in [3.8, 4) is 11.5 Å². The highest BCUT2D eigenvalue weighted by Gasteiger charge is 2.56. The largest absolute Gasteiger partial charge is 0.493 e. The van der Waals surface area contributed by atoms with Crippen molar-refractivity contribution in [1.82, 2.24) is 5.32 Å². The Kier molecular flexibility index (Phi) is 4.41. The molecule has 0 saturated heterocycles. The zero-order chi connectivity index (χ0) is 17.7. The van der Waals surface area contributed by atoms with Crippen LogP contribution in [0.2, 0.25) is 5.02 Å². The third kappa shape index (κ3) is 3.24. The molecule has 2 N–H and O–H groups in total. The molecular formula is C20H28ClNO3. The number of rotatable bonds is 6. The summed E-state index contributed by atoms with van der Waals surface area (Å²) >= 11 is 6.40. The maximum Gasteiger partial charge on any atom is 0.179 e. The lowest BCUT2D eigenvalue weighted by molar-refractivity contribution is -0.142. The maximum atomic E-state index is 10.9. The van der Waals surface area contributed by atoms with Gasteiger partial charge in [0.1, 0.15) is 0 Å². The number of halogens is 1. The van der Waals surface area contributed by atoms with Crippen LogP contribution in [0.4, 0.5) is 0 Å². The van der Waals surface area contributed by atoms with Crippen LogP contribution in [0, 0.1) is 11.8 Å². The van der Waals surface area contributed by atoms with Crippen LogP contribution in [0.25, 0.3) is 0 Å². The van der Waals surface area contributed by atoms with Gasteiger partial charge in [-0.2, -0.15) is 0 Å². The molecule has 4 nitrogen and oxygen atoms in total. The van der Waals surface area contributed by atoms with Crippen molar-refractivity contribution in [1.29, 1.82) is 0 Å². The molecule has 2 unspecified atom stereocenters. The number of methoxy groups -OCH3 is 1. The normalized spacial score (nSPS) is 35.8. The average Bonchev–Trinajstić information content (AvgIpc) is 2.53. The van der Waals surface area contributed by atoms with Crippen LogP contribution in [0.3, 0.4) is 0 Å². The van der Waals surface area contributed by atoms with Gasteiger partial charge in [-0.3, -0.25) is 0 Å². The number of benzene rings is 1. The van der Waals surface area contributed by atoms with Crippen LogP contribution in [-0.4, -0.2) is 30.0 Å². The van der Waals surface area contributed by atoms with Gasteiger partial charge in [-0.1, -0.05) is 11.6 Å². The lowest BCUT2D eigenvalue weighted by Gasteiger charge is -2.60. The van der Waals surface area contributed by atoms with E-state index in [1.54, 1.807) is 7.11 Å². The van der Waals surface area contributed by atoms with Gasteiger partial charge in [0.2, 0.25) is 0 Å². The minimum Gasteiger partial charge on any atom is -0.493 e. The smallest absolute Gasteiger partial charge is 0.179 e. The van der Waals surface area contributed by atoms with E-state index in [2.05, 4.69) is 5.32 Å². The first-order valence-electron chi connectivity index (χ1n) is 9.41. The Bertz CT molecular complexity index is 649. The minimum absolute atomic E-state index is 0.0805. The van der Waals surface area contributed by atoms with Gasteiger partial charge in [-0.05, 0) is 75.0 Å². The highest BCUT2D eigenvalue weighted by atomic mass is 35.5. The minimum atomic E-state index is -0.439. The maximum absolute atomic E-state index is 10.9. The SMILES string of the molecule is CCOc1c(Cl)cc(CNC23CC4CC(CC(O)(C4)C2)C3)cc1OC. The van der Waals surface area contributed by atoms with E-state index in [4.69, 9.17) is 21.1 Å². The summed E-state index contributed by atoms with van der Waals surface area (Å²) in [6.45, 7) is 3.22. The summed E-state index contributed by atoms with van der Waals surface area (Å²) in [6.07, 6.45) is 6.55. The Morgan fingerprint density at radius 2 is 1.96 bits per heavy atom. The van der Waals surface area contributed by atoms with E-state index in [-0.39, 0.29) is 5.54 Å². The highest BCUT2D eigenvalue weighted by Crippen LogP contribution is 2.57. The molecule has 0 aromatic heterocycles. The third-order valence-corrected chi connectivity index (χ3v) is 6.56. The van der Waals surface area contributed by atoms with Gasteiger partial charge in [0.15, 0.2) is 11.5 Å². The molecule has 0 aliphatic heterocycles. The van der Waals surface area contributed by atoms with Crippen LogP contribution in [0.15, 0.2) is 12.1 Å². The summed E-state index contributed by atoms with van der Waals surface area (Å²) in [4.78, 5) is 0. The molecule has 25 heavy (non-hydrogen) atoms. The van der Waals surface area contributed by atoms with Crippen LogP contribution in [-0.2, 0) is 6.54 Å². The standard InChI is InChI=1S/C20H28ClNO3/c1-3-25-18-16(21)5-13(6-17(18)24-2)11-22-19-7-14-4-15(8-19)10-20(23,9-14)12-19/h5-6,14-15,22-23H,3-4,7-12H2,1-2H3. The number of nitrogens with one attached hydrogen (secondary N) is 1. The summed E-state index contributed by atoms with van der Waals surface area (Å²) in [5, 5.41) is 15.3. The number of hydrogen-bond acceptors (Lipinski definition) is 4. The molecule has 0 radical (unpaired) electrons. The fraction of sp³-hybridized carbons (Fsp3) is 0.700. The molecule has 4 saturated carbocycles. The molecular weight excluding hydrogens is 338 g/mol. The molecule has 0 spiro atoms. The van der Waals surface area contributed by atoms with Crippen molar-refractivity contribution < 1.29 is 14.6 Å². The van der Waals surface area contributed by atoms with Crippen LogP contribution in [0.5, 0.6) is 11.5 Å². The van der Waals surface area contributed by atoms with E-state index < -0.39 is 5.60 Å². The highest BCUT2D eigenvalue weighted by molar-refractivity contribution is 6.32. The summed E-state index contributed by atoms with van der Waals surface area (Å²) in [5.74, 6) is 2.64. The predicted molar refractivity (Wildman–Crippen MR) is 98.4 cm³/mol. The fourth-order valence-corrected chi connectivity index (χ4v) is 6.16. The van der Waals surface area contributed by atoms with E-state index in [0.717, 1.165) is 31.4 Å². The monoisotopic (exact) mass is 365 g/mol. The van der Waals surface area contributed by atoms with Gasteiger partial charge in [0.25, 0.3) is 0 Å². The van der Waals surface area contributed by atoms with Crippen molar-refractivity contribution in [2.24, 2.45) is 11.8 Å². The molecule has 1 aromatic rings. The van der Waals surface area contributed by atoms with Crippen LogP contribution in [0.1, 0.15) is 51.0 Å². The van der Waals surface area contributed by atoms with Gasteiger partial charge in [0.05, 0.1) is 24.3 Å². The summed E-state index contributed by atoms with van der Waals surface area (Å²) < 4.78 is 11.0. The first-order valence-corrected chi connectivity index (χ1v) is 9.79. The zero-order valence-electron chi connectivity index (χ0n) is 15.1. The lowest BCUT2D eigenvalue weighted by Crippen LogP contribution is -2.64. The molecule has 1 aromatic carbocycles. The van der Waals surface area contributed by atoms with Crippen molar-refractivity contribution in [2.45, 2.75) is 63.1 Å². The van der Waals surface area contributed by atoms with E-state index in [1.807, 2.05) is 19.1 Å². The van der Waals surface area contributed by atoms with Crippen LogP contribution >= 0.6 is 11.6 Å². The Balaban J connectivity index is 1.51. The second-order valence-corrected chi connectivity index (χ2v) is 8.77. The molecule has 5 heteroatoms. The van der Waals surface area contributed by atoms with Crippen molar-refractivity contribution in [3.63, 3.8) is 0 Å². The molecule has 138 valence electrons. The molecule has 4 aliphatic carbocycles. The van der Waals surface area contributed by atoms with Crippen molar-refractivity contribution >= 4 is 11.6 Å². The number of ether oxygens (including phenoxy) is 2. The Morgan fingerprint density at radius 1 is 1.24 bits per heavy atom. The average molecular weight is 366 g/mol. The topological polar surface area (TPSA) is 50.7 Å². The van der Waals surface area contributed by atoms with Gasteiger partial charge in [-0.15, -0.1) is 0 Å². The third-order valence-electron chi connectivity index (χ3n) is 6.28. The second-order valence-electron chi connectivity index (χ2n) is 8.36. The summed E-state index contributed by atoms with van der Waals surface area (Å²) in [7, 11) is 1.64. The van der Waals surface area contributed by atoms with Crippen molar-refractivity contribution in [3.05, 3.63) is 22.7 Å². The quantitative estimate of drug-likeness (QED) is 0.802. The van der Waals surface area contributed by atoms with Crippen LogP contribution < -0.4 is 14.8 Å². The lowest BCUT2D eigenvalue weighted by atomic mass is 9.51. The van der Waals surface area contributed by atoms with E-state index >= 15 is 0 Å². The fourth-order valence-electron chi connectivity index (χ4n) is 5.87. The number of hydrogen-bond donors (Lipinski definition) is 2. The van der Waals surface area contributed by atoms with E-state index in [9.17, 15) is 5.11 Å². The predicted octanol–water partition coefficient (Wildman–Crippen LogP) is 3.92. The molecule has 5 rings (SSSR count).